The molecule has 1 amide bonds. The van der Waals surface area contributed by atoms with Crippen molar-refractivity contribution in [2.24, 2.45) is 0 Å². The molecular weight excluding hydrogens is 372 g/mol. The summed E-state index contributed by atoms with van der Waals surface area (Å²) in [5.74, 6) is 1.39. The molecule has 4 aromatic rings. The molecule has 2 aromatic carbocycles. The quantitative estimate of drug-likeness (QED) is 0.462. The molecule has 0 saturated heterocycles. The molecule has 0 unspecified atom stereocenters. The zero-order valence-corrected chi connectivity index (χ0v) is 15.8. The number of para-hydroxylation sites is 1. The van der Waals surface area contributed by atoms with Crippen LogP contribution in [0.1, 0.15) is 10.4 Å². The van der Waals surface area contributed by atoms with E-state index in [1.807, 2.05) is 60.7 Å². The number of anilines is 2. The number of benzene rings is 2. The van der Waals surface area contributed by atoms with Gasteiger partial charge >= 0.3 is 0 Å². The van der Waals surface area contributed by atoms with E-state index < -0.39 is 0 Å². The molecule has 140 valence electrons. The fraction of sp³-hybridized carbons (Fsp3) is 0.0952. The number of carbonyl (C=O) groups is 1. The Morgan fingerprint density at radius 1 is 1.04 bits per heavy atom. The molecule has 2 N–H and O–H groups in total. The third-order valence-electron chi connectivity index (χ3n) is 3.95. The molecule has 28 heavy (non-hydrogen) atoms. The van der Waals surface area contributed by atoms with E-state index >= 15 is 0 Å². The number of hydrogen-bond acceptors (Lipinski definition) is 6. The van der Waals surface area contributed by atoms with Gasteiger partial charge in [0.25, 0.3) is 5.91 Å². The fourth-order valence-electron chi connectivity index (χ4n) is 2.62. The highest BCUT2D eigenvalue weighted by Crippen LogP contribution is 2.28. The second kappa shape index (κ2) is 8.49. The molecule has 0 aliphatic carbocycles. The predicted octanol–water partition coefficient (Wildman–Crippen LogP) is 4.24. The van der Waals surface area contributed by atoms with Gasteiger partial charge in [-0.15, -0.1) is 0 Å². The zero-order chi connectivity index (χ0) is 19.2. The summed E-state index contributed by atoms with van der Waals surface area (Å²) >= 11 is 1.48. The number of thiazole rings is 1. The highest BCUT2D eigenvalue weighted by Gasteiger charge is 2.10. The van der Waals surface area contributed by atoms with E-state index in [1.54, 1.807) is 12.3 Å². The van der Waals surface area contributed by atoms with E-state index in [2.05, 4.69) is 20.6 Å². The van der Waals surface area contributed by atoms with E-state index in [-0.39, 0.29) is 5.91 Å². The number of nitrogens with zero attached hydrogens (tertiary/aromatic N) is 2. The van der Waals surface area contributed by atoms with Crippen LogP contribution in [0.3, 0.4) is 0 Å². The van der Waals surface area contributed by atoms with Crippen molar-refractivity contribution in [1.82, 2.24) is 15.3 Å². The highest BCUT2D eigenvalue weighted by atomic mass is 32.1. The summed E-state index contributed by atoms with van der Waals surface area (Å²) < 4.78 is 6.52. The molecule has 4 rings (SSSR count). The Balaban J connectivity index is 1.36. The number of amides is 1. The largest absolute Gasteiger partial charge is 0.492 e. The smallest absolute Gasteiger partial charge is 0.251 e. The molecule has 0 aliphatic rings. The first-order valence-corrected chi connectivity index (χ1v) is 9.64. The average molecular weight is 390 g/mol. The molecule has 0 atom stereocenters. The molecule has 0 fully saturated rings. The second-order valence-electron chi connectivity index (χ2n) is 5.96. The van der Waals surface area contributed by atoms with Gasteiger partial charge in [0.2, 0.25) is 0 Å². The Morgan fingerprint density at radius 3 is 2.71 bits per heavy atom. The fourth-order valence-corrected chi connectivity index (χ4v) is 3.53. The molecule has 0 spiro atoms. The Labute approximate surface area is 166 Å². The van der Waals surface area contributed by atoms with Crippen LogP contribution in [0, 0.1) is 0 Å². The molecular formula is C21H18N4O2S. The van der Waals surface area contributed by atoms with Crippen LogP contribution in [-0.2, 0) is 0 Å². The van der Waals surface area contributed by atoms with Gasteiger partial charge in [0.15, 0.2) is 5.13 Å². The first-order chi connectivity index (χ1) is 13.8. The van der Waals surface area contributed by atoms with Gasteiger partial charge in [0.1, 0.15) is 18.2 Å². The van der Waals surface area contributed by atoms with Gasteiger partial charge in [-0.3, -0.25) is 4.79 Å². The number of fused-ring (bicyclic) bond motifs is 1. The zero-order valence-electron chi connectivity index (χ0n) is 15.0. The van der Waals surface area contributed by atoms with Gasteiger partial charge in [-0.2, -0.15) is 0 Å². The second-order valence-corrected chi connectivity index (χ2v) is 6.99. The maximum Gasteiger partial charge on any atom is 0.251 e. The molecule has 0 saturated carbocycles. The van der Waals surface area contributed by atoms with Crippen molar-refractivity contribution in [3.05, 3.63) is 78.5 Å². The summed E-state index contributed by atoms with van der Waals surface area (Å²) in [6.07, 6.45) is 1.72. The molecule has 0 bridgehead atoms. The number of aromatic nitrogens is 2. The van der Waals surface area contributed by atoms with Gasteiger partial charge in [-0.1, -0.05) is 35.6 Å². The Kier molecular flexibility index (Phi) is 5.44. The molecule has 0 radical (unpaired) electrons. The van der Waals surface area contributed by atoms with Crippen molar-refractivity contribution in [1.29, 1.82) is 0 Å². The van der Waals surface area contributed by atoms with Crippen LogP contribution in [0.5, 0.6) is 5.75 Å². The van der Waals surface area contributed by atoms with Crippen LogP contribution >= 0.6 is 11.3 Å². The van der Waals surface area contributed by atoms with E-state index in [4.69, 9.17) is 4.74 Å². The van der Waals surface area contributed by atoms with E-state index in [0.717, 1.165) is 26.9 Å². The van der Waals surface area contributed by atoms with Crippen molar-refractivity contribution in [3.8, 4) is 5.75 Å². The van der Waals surface area contributed by atoms with E-state index in [1.165, 1.54) is 11.3 Å². The Hall–Kier alpha value is -3.45. The van der Waals surface area contributed by atoms with Gasteiger partial charge in [0.05, 0.1) is 16.8 Å². The van der Waals surface area contributed by atoms with Crippen molar-refractivity contribution < 1.29 is 9.53 Å². The Morgan fingerprint density at radius 2 is 1.89 bits per heavy atom. The van der Waals surface area contributed by atoms with Crippen molar-refractivity contribution in [2.75, 3.05) is 18.5 Å². The number of carbonyl (C=O) groups excluding carboxylic acids is 1. The summed E-state index contributed by atoms with van der Waals surface area (Å²) in [5, 5.41) is 6.79. The van der Waals surface area contributed by atoms with E-state index in [9.17, 15) is 4.79 Å². The lowest BCUT2D eigenvalue weighted by atomic mass is 10.2. The summed E-state index contributed by atoms with van der Waals surface area (Å²) in [4.78, 5) is 21.2. The minimum absolute atomic E-state index is 0.133. The molecule has 2 heterocycles. The normalized spacial score (nSPS) is 10.6. The van der Waals surface area contributed by atoms with Gasteiger partial charge < -0.3 is 15.4 Å². The SMILES string of the molecule is O=C(NCCOc1ccccc1)c1ccc2nc(Nc3ccccn3)sc2c1. The third-order valence-corrected chi connectivity index (χ3v) is 4.88. The third kappa shape index (κ3) is 4.44. The summed E-state index contributed by atoms with van der Waals surface area (Å²) in [5.41, 5.74) is 1.44. The highest BCUT2D eigenvalue weighted by molar-refractivity contribution is 7.22. The van der Waals surface area contributed by atoms with Gasteiger partial charge in [0, 0.05) is 11.8 Å². The summed E-state index contributed by atoms with van der Waals surface area (Å²) in [6.45, 7) is 0.845. The number of hydrogen-bond donors (Lipinski definition) is 2. The van der Waals surface area contributed by atoms with Gasteiger partial charge in [-0.05, 0) is 42.5 Å². The van der Waals surface area contributed by atoms with Crippen LogP contribution in [0.15, 0.2) is 72.9 Å². The van der Waals surface area contributed by atoms with Crippen LogP contribution in [0.2, 0.25) is 0 Å². The predicted molar refractivity (Wildman–Crippen MR) is 111 cm³/mol. The Bertz CT molecular complexity index is 1070. The lowest BCUT2D eigenvalue weighted by molar-refractivity contribution is 0.0947. The first kappa shape index (κ1) is 17.9. The van der Waals surface area contributed by atoms with E-state index in [0.29, 0.717) is 18.7 Å². The summed E-state index contributed by atoms with van der Waals surface area (Å²) in [6, 6.07) is 20.7. The number of nitrogens with one attached hydrogen (secondary N) is 2. The topological polar surface area (TPSA) is 76.1 Å². The van der Waals surface area contributed by atoms with Crippen LogP contribution < -0.4 is 15.4 Å². The maximum absolute atomic E-state index is 12.4. The maximum atomic E-state index is 12.4. The van der Waals surface area contributed by atoms with Crippen LogP contribution in [-0.4, -0.2) is 29.0 Å². The minimum Gasteiger partial charge on any atom is -0.492 e. The van der Waals surface area contributed by atoms with Crippen LogP contribution in [0.4, 0.5) is 10.9 Å². The number of pyridine rings is 1. The van der Waals surface area contributed by atoms with Crippen molar-refractivity contribution in [3.63, 3.8) is 0 Å². The van der Waals surface area contributed by atoms with Crippen LogP contribution in [0.25, 0.3) is 10.2 Å². The van der Waals surface area contributed by atoms with Crippen molar-refractivity contribution >= 4 is 38.4 Å². The minimum atomic E-state index is -0.133. The summed E-state index contributed by atoms with van der Waals surface area (Å²) in [7, 11) is 0. The molecule has 7 heteroatoms. The average Bonchev–Trinajstić information content (AvgIpc) is 3.14. The van der Waals surface area contributed by atoms with Crippen molar-refractivity contribution in [2.45, 2.75) is 0 Å². The molecule has 0 aliphatic heterocycles. The lowest BCUT2D eigenvalue weighted by Gasteiger charge is -2.07. The molecule has 2 aromatic heterocycles. The van der Waals surface area contributed by atoms with Gasteiger partial charge in [-0.25, -0.2) is 9.97 Å². The lowest BCUT2D eigenvalue weighted by Crippen LogP contribution is -2.28. The monoisotopic (exact) mass is 390 g/mol. The number of ether oxygens (including phenoxy) is 1. The molecule has 6 nitrogen and oxygen atoms in total. The first-order valence-electron chi connectivity index (χ1n) is 8.83. The number of rotatable bonds is 7. The standard InChI is InChI=1S/C21H18N4O2S/c26-20(23-12-13-27-16-6-2-1-3-7-16)15-9-10-17-18(14-15)28-21(24-17)25-19-8-4-5-11-22-19/h1-11,14H,12-13H2,(H,23,26)(H,22,24,25).